The number of hydrogen-bond donors (Lipinski definition) is 1. The maximum atomic E-state index is 6.39. The second kappa shape index (κ2) is 7.59. The molecule has 3 nitrogen and oxygen atoms in total. The summed E-state index contributed by atoms with van der Waals surface area (Å²) in [6, 6.07) is 9.04. The van der Waals surface area contributed by atoms with Gasteiger partial charge in [-0.1, -0.05) is 36.7 Å². The summed E-state index contributed by atoms with van der Waals surface area (Å²) in [5.74, 6) is 0. The molecule has 1 aliphatic heterocycles. The number of halogens is 1. The monoisotopic (exact) mass is 309 g/mol. The van der Waals surface area contributed by atoms with E-state index in [2.05, 4.69) is 36.6 Å². The van der Waals surface area contributed by atoms with Crippen molar-refractivity contribution in [3.05, 3.63) is 34.9 Å². The van der Waals surface area contributed by atoms with Gasteiger partial charge in [0.1, 0.15) is 0 Å². The van der Waals surface area contributed by atoms with Crippen molar-refractivity contribution in [3.8, 4) is 0 Å². The van der Waals surface area contributed by atoms with Crippen LogP contribution in [0.5, 0.6) is 0 Å². The Kier molecular flexibility index (Phi) is 6.06. The molecule has 2 N–H and O–H groups in total. The first-order chi connectivity index (χ1) is 10.0. The summed E-state index contributed by atoms with van der Waals surface area (Å²) in [7, 11) is 0. The van der Waals surface area contributed by atoms with E-state index in [-0.39, 0.29) is 12.1 Å². The molecular weight excluding hydrogens is 282 g/mol. The molecule has 1 heterocycles. The lowest BCUT2D eigenvalue weighted by Gasteiger charge is -2.43. The Labute approximate surface area is 134 Å². The molecule has 3 unspecified atom stereocenters. The van der Waals surface area contributed by atoms with E-state index < -0.39 is 0 Å². The van der Waals surface area contributed by atoms with Gasteiger partial charge in [-0.05, 0) is 31.9 Å². The van der Waals surface area contributed by atoms with Crippen LogP contribution >= 0.6 is 11.6 Å². The normalized spacial score (nSPS) is 22.0. The van der Waals surface area contributed by atoms with Crippen molar-refractivity contribution < 1.29 is 0 Å². The second-order valence-electron chi connectivity index (χ2n) is 6.15. The summed E-state index contributed by atoms with van der Waals surface area (Å²) in [5.41, 5.74) is 7.43. The van der Waals surface area contributed by atoms with Crippen molar-refractivity contribution in [2.75, 3.05) is 26.2 Å². The standard InChI is InChI=1S/C17H28ClN3/c1-4-13(2)20-9-11-21(12-10-20)17(14(3)19)15-7-5-6-8-16(15)18/h5-8,13-14,17H,4,9-12,19H2,1-3H3. The van der Waals surface area contributed by atoms with Crippen LogP contribution in [0, 0.1) is 0 Å². The van der Waals surface area contributed by atoms with E-state index in [0.717, 1.165) is 36.8 Å². The SMILES string of the molecule is CCC(C)N1CCN(C(c2ccccc2Cl)C(C)N)CC1. The Morgan fingerprint density at radius 1 is 1.10 bits per heavy atom. The summed E-state index contributed by atoms with van der Waals surface area (Å²) in [6.07, 6.45) is 1.21. The van der Waals surface area contributed by atoms with Crippen molar-refractivity contribution in [1.29, 1.82) is 0 Å². The van der Waals surface area contributed by atoms with Crippen molar-refractivity contribution >= 4 is 11.6 Å². The van der Waals surface area contributed by atoms with Crippen LogP contribution in [0.25, 0.3) is 0 Å². The van der Waals surface area contributed by atoms with Gasteiger partial charge in [-0.3, -0.25) is 9.80 Å². The van der Waals surface area contributed by atoms with Crippen LogP contribution in [0.1, 0.15) is 38.8 Å². The summed E-state index contributed by atoms with van der Waals surface area (Å²) >= 11 is 6.39. The van der Waals surface area contributed by atoms with Crippen molar-refractivity contribution in [2.24, 2.45) is 5.73 Å². The number of piperazine rings is 1. The van der Waals surface area contributed by atoms with Gasteiger partial charge < -0.3 is 5.73 Å². The molecule has 0 aromatic heterocycles. The van der Waals surface area contributed by atoms with Gasteiger partial charge in [-0.15, -0.1) is 0 Å². The minimum absolute atomic E-state index is 0.0695. The van der Waals surface area contributed by atoms with E-state index in [1.807, 2.05) is 18.2 Å². The fraction of sp³-hybridized carbons (Fsp3) is 0.647. The third-order valence-corrected chi connectivity index (χ3v) is 5.02. The van der Waals surface area contributed by atoms with E-state index >= 15 is 0 Å². The molecule has 4 heteroatoms. The molecule has 1 aromatic rings. The molecule has 1 aliphatic rings. The minimum atomic E-state index is 0.0695. The first-order valence-electron chi connectivity index (χ1n) is 8.02. The molecule has 0 radical (unpaired) electrons. The summed E-state index contributed by atoms with van der Waals surface area (Å²) in [6.45, 7) is 11.0. The van der Waals surface area contributed by atoms with Gasteiger partial charge in [0.05, 0.1) is 6.04 Å². The van der Waals surface area contributed by atoms with Gasteiger partial charge in [0.2, 0.25) is 0 Å². The molecule has 1 fully saturated rings. The molecule has 1 aromatic carbocycles. The Bertz CT molecular complexity index is 441. The Hall–Kier alpha value is -0.610. The van der Waals surface area contributed by atoms with E-state index in [1.54, 1.807) is 0 Å². The average molecular weight is 310 g/mol. The number of hydrogen-bond acceptors (Lipinski definition) is 3. The quantitative estimate of drug-likeness (QED) is 0.907. The smallest absolute Gasteiger partial charge is 0.0512 e. The van der Waals surface area contributed by atoms with E-state index in [1.165, 1.54) is 6.42 Å². The van der Waals surface area contributed by atoms with Gasteiger partial charge in [-0.2, -0.15) is 0 Å². The zero-order valence-electron chi connectivity index (χ0n) is 13.4. The van der Waals surface area contributed by atoms with Crippen LogP contribution in [-0.2, 0) is 0 Å². The molecule has 21 heavy (non-hydrogen) atoms. The van der Waals surface area contributed by atoms with Gasteiger partial charge in [-0.25, -0.2) is 0 Å². The predicted molar refractivity (Wildman–Crippen MR) is 90.7 cm³/mol. The van der Waals surface area contributed by atoms with E-state index in [0.29, 0.717) is 6.04 Å². The van der Waals surface area contributed by atoms with Crippen LogP contribution < -0.4 is 5.73 Å². The van der Waals surface area contributed by atoms with Gasteiger partial charge in [0.25, 0.3) is 0 Å². The molecule has 0 saturated carbocycles. The van der Waals surface area contributed by atoms with Crippen LogP contribution in [-0.4, -0.2) is 48.1 Å². The minimum Gasteiger partial charge on any atom is -0.326 e. The zero-order chi connectivity index (χ0) is 15.4. The molecular formula is C17H28ClN3. The Morgan fingerprint density at radius 3 is 2.19 bits per heavy atom. The maximum absolute atomic E-state index is 6.39. The largest absolute Gasteiger partial charge is 0.326 e. The number of rotatable bonds is 5. The molecule has 0 bridgehead atoms. The van der Waals surface area contributed by atoms with Crippen LogP contribution in [0.2, 0.25) is 5.02 Å². The Balaban J connectivity index is 2.10. The molecule has 0 amide bonds. The third-order valence-electron chi connectivity index (χ3n) is 4.68. The fourth-order valence-corrected chi connectivity index (χ4v) is 3.49. The lowest BCUT2D eigenvalue weighted by molar-refractivity contribution is 0.0653. The molecule has 3 atom stereocenters. The number of benzene rings is 1. The highest BCUT2D eigenvalue weighted by Gasteiger charge is 2.29. The number of nitrogens with zero attached hydrogens (tertiary/aromatic N) is 2. The van der Waals surface area contributed by atoms with Gasteiger partial charge in [0, 0.05) is 43.3 Å². The Morgan fingerprint density at radius 2 is 1.67 bits per heavy atom. The fourth-order valence-electron chi connectivity index (χ4n) is 3.24. The molecule has 2 rings (SSSR count). The summed E-state index contributed by atoms with van der Waals surface area (Å²) in [4.78, 5) is 5.06. The van der Waals surface area contributed by atoms with Crippen molar-refractivity contribution in [3.63, 3.8) is 0 Å². The van der Waals surface area contributed by atoms with Crippen LogP contribution in [0.15, 0.2) is 24.3 Å². The average Bonchev–Trinajstić information content (AvgIpc) is 2.49. The zero-order valence-corrected chi connectivity index (χ0v) is 14.2. The highest BCUT2D eigenvalue weighted by molar-refractivity contribution is 6.31. The van der Waals surface area contributed by atoms with Crippen LogP contribution in [0.4, 0.5) is 0 Å². The van der Waals surface area contributed by atoms with Gasteiger partial charge >= 0.3 is 0 Å². The summed E-state index contributed by atoms with van der Waals surface area (Å²) < 4.78 is 0. The molecule has 0 aliphatic carbocycles. The topological polar surface area (TPSA) is 32.5 Å². The second-order valence-corrected chi connectivity index (χ2v) is 6.56. The lowest BCUT2D eigenvalue weighted by atomic mass is 9.98. The van der Waals surface area contributed by atoms with E-state index in [9.17, 15) is 0 Å². The van der Waals surface area contributed by atoms with Crippen molar-refractivity contribution in [2.45, 2.75) is 45.3 Å². The third kappa shape index (κ3) is 3.98. The molecule has 118 valence electrons. The highest BCUT2D eigenvalue weighted by Crippen LogP contribution is 2.30. The summed E-state index contributed by atoms with van der Waals surface area (Å²) in [5, 5.41) is 0.823. The molecule has 1 saturated heterocycles. The first-order valence-corrected chi connectivity index (χ1v) is 8.40. The van der Waals surface area contributed by atoms with Crippen molar-refractivity contribution in [1.82, 2.24) is 9.80 Å². The first kappa shape index (κ1) is 16.8. The molecule has 0 spiro atoms. The van der Waals surface area contributed by atoms with Crippen LogP contribution in [0.3, 0.4) is 0 Å². The maximum Gasteiger partial charge on any atom is 0.0512 e. The van der Waals surface area contributed by atoms with E-state index in [4.69, 9.17) is 17.3 Å². The predicted octanol–water partition coefficient (Wildman–Crippen LogP) is 3.14. The lowest BCUT2D eigenvalue weighted by Crippen LogP contribution is -2.52. The number of nitrogens with two attached hydrogens (primary N) is 1. The highest BCUT2D eigenvalue weighted by atomic mass is 35.5. The van der Waals surface area contributed by atoms with Gasteiger partial charge in [0.15, 0.2) is 0 Å².